The third-order valence-electron chi connectivity index (χ3n) is 10.5. The number of hydrogen-bond acceptors (Lipinski definition) is 2. The van der Waals surface area contributed by atoms with Crippen LogP contribution in [-0.2, 0) is 0 Å². The van der Waals surface area contributed by atoms with Gasteiger partial charge in [-0.15, -0.1) is 11.3 Å². The van der Waals surface area contributed by atoms with Gasteiger partial charge in [-0.3, -0.25) is 0 Å². The Morgan fingerprint density at radius 3 is 1.76 bits per heavy atom. The topological polar surface area (TPSA) is 23.0 Å². The van der Waals surface area contributed by atoms with Crippen molar-refractivity contribution in [3.8, 4) is 11.4 Å². The average Bonchev–Trinajstić information content (AvgIpc) is 3.87. The molecule has 0 spiro atoms. The van der Waals surface area contributed by atoms with Gasteiger partial charge >= 0.3 is 0 Å². The summed E-state index contributed by atoms with van der Waals surface area (Å²) in [5.41, 5.74) is 7.68. The Bertz CT molecular complexity index is 3200. The van der Waals surface area contributed by atoms with Gasteiger partial charge in [-0.2, -0.15) is 0 Å². The maximum Gasteiger partial charge on any atom is 0.138 e. The maximum absolute atomic E-state index is 14.6. The number of fused-ring (bicyclic) bond motifs is 11. The third-order valence-corrected chi connectivity index (χ3v) is 11.6. The zero-order valence-electron chi connectivity index (χ0n) is 26.2. The molecule has 8 aromatic carbocycles. The zero-order valence-corrected chi connectivity index (χ0v) is 27.0. The van der Waals surface area contributed by atoms with E-state index in [4.69, 9.17) is 4.42 Å². The number of halogens is 2. The van der Waals surface area contributed by atoms with Crippen molar-refractivity contribution in [1.29, 1.82) is 0 Å². The van der Waals surface area contributed by atoms with Crippen LogP contribution in [0.25, 0.3) is 108 Å². The van der Waals surface area contributed by atoms with Gasteiger partial charge in [0.2, 0.25) is 0 Å². The van der Waals surface area contributed by atoms with Crippen molar-refractivity contribution < 1.29 is 13.2 Å². The number of furan rings is 1. The largest absolute Gasteiger partial charge is 0.456 e. The lowest BCUT2D eigenvalue weighted by Gasteiger charge is -2.13. The van der Waals surface area contributed by atoms with Gasteiger partial charge in [0.1, 0.15) is 22.8 Å². The molecule has 0 aliphatic rings. The Labute approximate surface area is 285 Å². The normalized spacial score (nSPS) is 12.6. The highest BCUT2D eigenvalue weighted by atomic mass is 32.1. The van der Waals surface area contributed by atoms with Crippen LogP contribution in [-0.4, -0.2) is 9.13 Å². The van der Waals surface area contributed by atoms with E-state index in [1.54, 1.807) is 23.5 Å². The van der Waals surface area contributed by atoms with Crippen LogP contribution in [0.1, 0.15) is 0 Å². The predicted octanol–water partition coefficient (Wildman–Crippen LogP) is 13.0. The highest BCUT2D eigenvalue weighted by Gasteiger charge is 2.26. The van der Waals surface area contributed by atoms with Gasteiger partial charge in [0.25, 0.3) is 0 Å². The van der Waals surface area contributed by atoms with Gasteiger partial charge in [0, 0.05) is 64.5 Å². The lowest BCUT2D eigenvalue weighted by molar-refractivity contribution is 0.618. The quantitative estimate of drug-likeness (QED) is 0.169. The molecule has 0 atom stereocenters. The van der Waals surface area contributed by atoms with E-state index in [0.717, 1.165) is 85.9 Å². The molecule has 3 nitrogen and oxygen atoms in total. The van der Waals surface area contributed by atoms with Crippen molar-refractivity contribution in [2.24, 2.45) is 0 Å². The summed E-state index contributed by atoms with van der Waals surface area (Å²) in [5, 5.41) is 10.8. The number of thiophene rings is 1. The molecule has 50 heavy (non-hydrogen) atoms. The first-order valence-electron chi connectivity index (χ1n) is 16.6. The Balaban J connectivity index is 1.25. The van der Waals surface area contributed by atoms with Gasteiger partial charge in [-0.05, 0) is 89.6 Å². The molecule has 0 fully saturated rings. The van der Waals surface area contributed by atoms with E-state index in [2.05, 4.69) is 106 Å². The minimum Gasteiger partial charge on any atom is -0.456 e. The molecule has 6 heteroatoms. The number of rotatable bonds is 2. The predicted molar refractivity (Wildman–Crippen MR) is 204 cm³/mol. The molecule has 12 aromatic rings. The number of hydrogen-bond donors (Lipinski definition) is 0. The Morgan fingerprint density at radius 1 is 0.440 bits per heavy atom. The van der Waals surface area contributed by atoms with Crippen LogP contribution >= 0.6 is 11.3 Å². The molecule has 0 N–H and O–H groups in total. The van der Waals surface area contributed by atoms with Crippen LogP contribution < -0.4 is 0 Å². The van der Waals surface area contributed by atoms with Crippen molar-refractivity contribution in [2.75, 3.05) is 0 Å². The van der Waals surface area contributed by atoms with Crippen LogP contribution in [0.4, 0.5) is 8.78 Å². The Morgan fingerprint density at radius 2 is 1.04 bits per heavy atom. The molecule has 4 heterocycles. The highest BCUT2D eigenvalue weighted by molar-refractivity contribution is 7.26. The standard InChI is InChI=1S/C44H22F2N2OS/c45-25-11-17-31-35(21-25)49-36-19-23-9-10-24-20-38-42(32-18-12-26(46)22-37(32)50-38)44-40(24)39(23)43(41(31)36)48(44)28-15-13-27(14-16-28)47-33-7-3-1-5-29(33)30-6-2-4-8-34(30)47/h1-22H. The number of nitrogens with zero attached hydrogens (tertiary/aromatic N) is 2. The summed E-state index contributed by atoms with van der Waals surface area (Å²) in [6.07, 6.45) is 0. The second-order valence-electron chi connectivity index (χ2n) is 13.2. The SMILES string of the molecule is Fc1ccc2c(c1)oc1cc3ccc4cc5sc6cc(F)ccc6c5c5c4c3c(c12)n5-c1ccc(-n2c3ccccc3c3ccccc32)cc1. The Kier molecular flexibility index (Phi) is 4.94. The van der Waals surface area contributed by atoms with Gasteiger partial charge in [-0.25, -0.2) is 8.78 Å². The summed E-state index contributed by atoms with van der Waals surface area (Å²) in [6.45, 7) is 0. The van der Waals surface area contributed by atoms with Crippen LogP contribution in [0.3, 0.4) is 0 Å². The second kappa shape index (κ2) is 9.26. The van der Waals surface area contributed by atoms with E-state index < -0.39 is 0 Å². The molecule has 4 aromatic heterocycles. The van der Waals surface area contributed by atoms with E-state index in [9.17, 15) is 8.78 Å². The Hall–Kier alpha value is -6.24. The molecule has 0 amide bonds. The number of aromatic nitrogens is 2. The van der Waals surface area contributed by atoms with E-state index in [0.29, 0.717) is 11.2 Å². The smallest absolute Gasteiger partial charge is 0.138 e. The van der Waals surface area contributed by atoms with Gasteiger partial charge in [0.05, 0.1) is 27.5 Å². The molecule has 0 aliphatic heterocycles. The summed E-state index contributed by atoms with van der Waals surface area (Å²) < 4.78 is 42.1. The van der Waals surface area contributed by atoms with Crippen LogP contribution in [0.5, 0.6) is 0 Å². The van der Waals surface area contributed by atoms with Crippen LogP contribution in [0.2, 0.25) is 0 Å². The molecule has 0 unspecified atom stereocenters. The minimum atomic E-state index is -0.334. The average molecular weight is 665 g/mol. The van der Waals surface area contributed by atoms with Crippen molar-refractivity contribution in [2.45, 2.75) is 0 Å². The highest BCUT2D eigenvalue weighted by Crippen LogP contribution is 2.50. The first-order chi connectivity index (χ1) is 24.6. The van der Waals surface area contributed by atoms with E-state index in [1.807, 2.05) is 12.1 Å². The fraction of sp³-hybridized carbons (Fsp3) is 0. The first-order valence-corrected chi connectivity index (χ1v) is 17.4. The van der Waals surface area contributed by atoms with Crippen molar-refractivity contribution in [3.63, 3.8) is 0 Å². The molecule has 12 rings (SSSR count). The minimum absolute atomic E-state index is 0.243. The lowest BCUT2D eigenvalue weighted by atomic mass is 9.98. The molecule has 0 bridgehead atoms. The molecule has 0 aliphatic carbocycles. The van der Waals surface area contributed by atoms with Crippen LogP contribution in [0, 0.1) is 11.6 Å². The lowest BCUT2D eigenvalue weighted by Crippen LogP contribution is -1.98. The fourth-order valence-electron chi connectivity index (χ4n) is 8.56. The summed E-state index contributed by atoms with van der Waals surface area (Å²) in [6, 6.07) is 44.3. The molecule has 0 saturated carbocycles. The number of para-hydroxylation sites is 2. The molecule has 0 radical (unpaired) electrons. The monoisotopic (exact) mass is 664 g/mol. The summed E-state index contributed by atoms with van der Waals surface area (Å²) in [4.78, 5) is 0. The van der Waals surface area contributed by atoms with E-state index >= 15 is 0 Å². The summed E-state index contributed by atoms with van der Waals surface area (Å²) >= 11 is 1.62. The van der Waals surface area contributed by atoms with Crippen molar-refractivity contribution >= 4 is 108 Å². The second-order valence-corrected chi connectivity index (χ2v) is 14.2. The van der Waals surface area contributed by atoms with Gasteiger partial charge < -0.3 is 13.6 Å². The maximum atomic E-state index is 14.6. The molecule has 234 valence electrons. The third kappa shape index (κ3) is 3.31. The zero-order chi connectivity index (χ0) is 32.8. The van der Waals surface area contributed by atoms with Gasteiger partial charge in [0.15, 0.2) is 0 Å². The number of benzene rings is 8. The molecular formula is C44H22F2N2OS. The molecular weight excluding hydrogens is 643 g/mol. The fourth-order valence-corrected chi connectivity index (χ4v) is 9.74. The van der Waals surface area contributed by atoms with E-state index in [-0.39, 0.29) is 11.6 Å². The van der Waals surface area contributed by atoms with Crippen molar-refractivity contribution in [3.05, 3.63) is 145 Å². The molecule has 0 saturated heterocycles. The van der Waals surface area contributed by atoms with Crippen LogP contribution in [0.15, 0.2) is 138 Å². The van der Waals surface area contributed by atoms with E-state index in [1.165, 1.54) is 22.9 Å². The summed E-state index contributed by atoms with van der Waals surface area (Å²) in [7, 11) is 0. The first kappa shape index (κ1) is 26.7. The summed E-state index contributed by atoms with van der Waals surface area (Å²) in [5.74, 6) is -0.577. The van der Waals surface area contributed by atoms with Gasteiger partial charge in [-0.1, -0.05) is 48.5 Å². The van der Waals surface area contributed by atoms with Crippen molar-refractivity contribution in [1.82, 2.24) is 9.13 Å².